The van der Waals surface area contributed by atoms with E-state index in [0.717, 1.165) is 25.7 Å². The lowest BCUT2D eigenvalue weighted by molar-refractivity contribution is -0.123. The number of amides is 1. The zero-order valence-corrected chi connectivity index (χ0v) is 37.7. The molecule has 0 aliphatic rings. The zero-order chi connectivity index (χ0) is 40.0. The lowest BCUT2D eigenvalue weighted by Crippen LogP contribution is -2.45. The maximum absolute atomic E-state index is 12.4. The Bertz CT molecular complexity index is 754. The topological polar surface area (TPSA) is 69.6 Å². The molecule has 0 aromatic heterocycles. The fraction of sp³-hybridized carbons (Fsp3) is 0.941. The van der Waals surface area contributed by atoms with Crippen LogP contribution in [-0.4, -0.2) is 34.9 Å². The Morgan fingerprint density at radius 2 is 0.709 bits per heavy atom. The minimum atomic E-state index is -0.659. The Morgan fingerprint density at radius 1 is 0.418 bits per heavy atom. The Morgan fingerprint density at radius 3 is 1.05 bits per heavy atom. The molecule has 4 nitrogen and oxygen atoms in total. The first-order valence-corrected chi connectivity index (χ1v) is 25.4. The van der Waals surface area contributed by atoms with Crippen molar-refractivity contribution < 1.29 is 15.0 Å². The van der Waals surface area contributed by atoms with Gasteiger partial charge in [-0.15, -0.1) is 0 Å². The average molecular weight is 776 g/mol. The first kappa shape index (κ1) is 54.1. The van der Waals surface area contributed by atoms with Crippen molar-refractivity contribution in [2.45, 2.75) is 302 Å². The van der Waals surface area contributed by atoms with Gasteiger partial charge >= 0.3 is 0 Å². The number of rotatable bonds is 47. The molecule has 4 heteroatoms. The van der Waals surface area contributed by atoms with Gasteiger partial charge in [0, 0.05) is 6.42 Å². The number of carbonyl (C=O) groups excluding carboxylic acids is 1. The van der Waals surface area contributed by atoms with Gasteiger partial charge < -0.3 is 15.5 Å². The molecule has 0 aromatic rings. The van der Waals surface area contributed by atoms with Crippen molar-refractivity contribution in [3.8, 4) is 0 Å². The van der Waals surface area contributed by atoms with Gasteiger partial charge in [-0.3, -0.25) is 4.79 Å². The zero-order valence-electron chi connectivity index (χ0n) is 37.7. The maximum Gasteiger partial charge on any atom is 0.220 e. The van der Waals surface area contributed by atoms with Gasteiger partial charge in [0.25, 0.3) is 0 Å². The van der Waals surface area contributed by atoms with Gasteiger partial charge in [-0.25, -0.2) is 0 Å². The van der Waals surface area contributed by atoms with Crippen LogP contribution in [0.1, 0.15) is 290 Å². The summed E-state index contributed by atoms with van der Waals surface area (Å²) in [7, 11) is 0. The third-order valence-electron chi connectivity index (χ3n) is 12.0. The average Bonchev–Trinajstić information content (AvgIpc) is 3.19. The van der Waals surface area contributed by atoms with Crippen LogP contribution in [0.3, 0.4) is 0 Å². The predicted octanol–water partition coefficient (Wildman–Crippen LogP) is 16.2. The van der Waals surface area contributed by atoms with Gasteiger partial charge in [0.2, 0.25) is 5.91 Å². The van der Waals surface area contributed by atoms with Crippen LogP contribution in [0, 0.1) is 0 Å². The summed E-state index contributed by atoms with van der Waals surface area (Å²) in [4.78, 5) is 12.4. The molecule has 0 aliphatic carbocycles. The van der Waals surface area contributed by atoms with E-state index < -0.39 is 12.1 Å². The van der Waals surface area contributed by atoms with Crippen LogP contribution in [0.5, 0.6) is 0 Å². The molecule has 0 saturated heterocycles. The molecule has 0 saturated carbocycles. The molecule has 55 heavy (non-hydrogen) atoms. The molecule has 2 atom stereocenters. The summed E-state index contributed by atoms with van der Waals surface area (Å²) in [5, 5.41) is 23.2. The van der Waals surface area contributed by atoms with E-state index in [9.17, 15) is 15.0 Å². The van der Waals surface area contributed by atoms with E-state index in [4.69, 9.17) is 0 Å². The highest BCUT2D eigenvalue weighted by atomic mass is 16.3. The van der Waals surface area contributed by atoms with Crippen molar-refractivity contribution in [3.05, 3.63) is 12.2 Å². The van der Waals surface area contributed by atoms with Crippen molar-refractivity contribution in [2.75, 3.05) is 6.61 Å². The number of nitrogens with one attached hydrogen (secondary N) is 1. The van der Waals surface area contributed by atoms with E-state index in [-0.39, 0.29) is 12.5 Å². The number of hydrogen-bond donors (Lipinski definition) is 3. The Hall–Kier alpha value is -0.870. The second kappa shape index (κ2) is 47.5. The minimum Gasteiger partial charge on any atom is -0.394 e. The standard InChI is InChI=1S/C51H101NO3/c1-3-5-7-9-11-13-15-16-17-18-19-20-21-22-23-24-25-26-27-28-29-30-31-32-33-34-35-37-38-40-42-44-46-50(54)49(48-53)52-51(55)47-45-43-41-39-36-14-12-10-8-6-4-2/h10,12,49-50,53-54H,3-9,11,13-48H2,1-2H3,(H,52,55)/b12-10-. The molecule has 0 bridgehead atoms. The Labute approximate surface area is 346 Å². The highest BCUT2D eigenvalue weighted by molar-refractivity contribution is 5.76. The second-order valence-electron chi connectivity index (χ2n) is 17.6. The van der Waals surface area contributed by atoms with Crippen LogP contribution in [0.25, 0.3) is 0 Å². The molecule has 2 unspecified atom stereocenters. The summed E-state index contributed by atoms with van der Waals surface area (Å²) in [6.07, 6.45) is 60.5. The highest BCUT2D eigenvalue weighted by Gasteiger charge is 2.20. The van der Waals surface area contributed by atoms with Crippen LogP contribution >= 0.6 is 0 Å². The van der Waals surface area contributed by atoms with Crippen LogP contribution in [-0.2, 0) is 4.79 Å². The van der Waals surface area contributed by atoms with Crippen molar-refractivity contribution in [1.29, 1.82) is 0 Å². The number of hydrogen-bond acceptors (Lipinski definition) is 3. The first-order chi connectivity index (χ1) is 27.2. The first-order valence-electron chi connectivity index (χ1n) is 25.4. The highest BCUT2D eigenvalue weighted by Crippen LogP contribution is 2.18. The van der Waals surface area contributed by atoms with E-state index in [0.29, 0.717) is 12.8 Å². The van der Waals surface area contributed by atoms with Gasteiger partial charge in [-0.2, -0.15) is 0 Å². The van der Waals surface area contributed by atoms with Crippen LogP contribution in [0.15, 0.2) is 12.2 Å². The number of aliphatic hydroxyl groups is 2. The number of unbranched alkanes of at least 4 members (excludes halogenated alkanes) is 38. The molecule has 0 heterocycles. The van der Waals surface area contributed by atoms with E-state index in [2.05, 4.69) is 31.3 Å². The molecule has 1 amide bonds. The fourth-order valence-electron chi connectivity index (χ4n) is 8.11. The van der Waals surface area contributed by atoms with Crippen LogP contribution < -0.4 is 5.32 Å². The van der Waals surface area contributed by atoms with Crippen LogP contribution in [0.4, 0.5) is 0 Å². The SMILES string of the molecule is CCCC/C=C\CCCCCCCC(=O)NC(CO)C(O)CCCCCCCCCCCCCCCCCCCCCCCCCCCCCCCCCC. The minimum absolute atomic E-state index is 0.0389. The lowest BCUT2D eigenvalue weighted by Gasteiger charge is -2.22. The molecule has 0 radical (unpaired) electrons. The normalized spacial score (nSPS) is 12.9. The van der Waals surface area contributed by atoms with Crippen molar-refractivity contribution >= 4 is 5.91 Å². The van der Waals surface area contributed by atoms with Crippen molar-refractivity contribution in [2.24, 2.45) is 0 Å². The van der Waals surface area contributed by atoms with Crippen molar-refractivity contribution in [3.63, 3.8) is 0 Å². The molecule has 3 N–H and O–H groups in total. The summed E-state index contributed by atoms with van der Waals surface area (Å²) in [5.41, 5.74) is 0. The second-order valence-corrected chi connectivity index (χ2v) is 17.6. The Kier molecular flexibility index (Phi) is 46.8. The van der Waals surface area contributed by atoms with E-state index in [1.54, 1.807) is 0 Å². The third kappa shape index (κ3) is 44.1. The van der Waals surface area contributed by atoms with Gasteiger partial charge in [0.15, 0.2) is 0 Å². The number of aliphatic hydroxyl groups excluding tert-OH is 2. The van der Waals surface area contributed by atoms with E-state index in [1.165, 1.54) is 238 Å². The summed E-state index contributed by atoms with van der Waals surface area (Å²) in [5.74, 6) is -0.0389. The fourth-order valence-corrected chi connectivity index (χ4v) is 8.11. The third-order valence-corrected chi connectivity index (χ3v) is 12.0. The van der Waals surface area contributed by atoms with Gasteiger partial charge in [-0.1, -0.05) is 264 Å². The smallest absolute Gasteiger partial charge is 0.220 e. The monoisotopic (exact) mass is 776 g/mol. The Balaban J connectivity index is 3.36. The number of carbonyl (C=O) groups is 1. The summed E-state index contributed by atoms with van der Waals surface area (Å²) >= 11 is 0. The summed E-state index contributed by atoms with van der Waals surface area (Å²) < 4.78 is 0. The van der Waals surface area contributed by atoms with Gasteiger partial charge in [0.1, 0.15) is 0 Å². The molecule has 0 aromatic carbocycles. The van der Waals surface area contributed by atoms with E-state index >= 15 is 0 Å². The lowest BCUT2D eigenvalue weighted by atomic mass is 10.0. The molecule has 0 aliphatic heterocycles. The van der Waals surface area contributed by atoms with Gasteiger partial charge in [0.05, 0.1) is 18.8 Å². The molecule has 0 fully saturated rings. The molecule has 0 spiro atoms. The molecule has 0 rings (SSSR count). The predicted molar refractivity (Wildman–Crippen MR) is 244 cm³/mol. The van der Waals surface area contributed by atoms with Crippen LogP contribution in [0.2, 0.25) is 0 Å². The summed E-state index contributed by atoms with van der Waals surface area (Å²) in [6.45, 7) is 4.34. The largest absolute Gasteiger partial charge is 0.394 e. The number of allylic oxidation sites excluding steroid dienone is 2. The molecule has 328 valence electrons. The van der Waals surface area contributed by atoms with E-state index in [1.807, 2.05) is 0 Å². The maximum atomic E-state index is 12.4. The molecular formula is C51H101NO3. The quantitative estimate of drug-likeness (QED) is 0.0426. The van der Waals surface area contributed by atoms with Crippen molar-refractivity contribution in [1.82, 2.24) is 5.32 Å². The van der Waals surface area contributed by atoms with Gasteiger partial charge in [-0.05, 0) is 32.1 Å². The molecular weight excluding hydrogens is 675 g/mol. The summed E-state index contributed by atoms with van der Waals surface area (Å²) in [6, 6.07) is -0.537.